The van der Waals surface area contributed by atoms with E-state index in [1.807, 2.05) is 12.1 Å². The maximum atomic E-state index is 12.3. The minimum atomic E-state index is -0.394. The van der Waals surface area contributed by atoms with E-state index in [0.29, 0.717) is 11.3 Å². The molecule has 0 spiro atoms. The van der Waals surface area contributed by atoms with Gasteiger partial charge in [-0.05, 0) is 48.6 Å². The Morgan fingerprint density at radius 2 is 1.96 bits per heavy atom. The van der Waals surface area contributed by atoms with Crippen LogP contribution in [0, 0.1) is 0 Å². The number of amides is 1. The molecule has 4 rings (SSSR count). The minimum Gasteiger partial charge on any atom is -0.398 e. The predicted molar refractivity (Wildman–Crippen MR) is 110 cm³/mol. The van der Waals surface area contributed by atoms with Crippen LogP contribution in [0.2, 0.25) is 0 Å². The molecule has 8 heteroatoms. The molecule has 0 bridgehead atoms. The van der Waals surface area contributed by atoms with E-state index in [-0.39, 0.29) is 22.5 Å². The highest BCUT2D eigenvalue weighted by atomic mass is 32.2. The number of carbonyl (C=O) groups is 1. The van der Waals surface area contributed by atoms with E-state index in [0.717, 1.165) is 30.3 Å². The van der Waals surface area contributed by atoms with Crippen LogP contribution in [0.15, 0.2) is 52.4 Å². The highest BCUT2D eigenvalue weighted by Crippen LogP contribution is 2.25. The first-order chi connectivity index (χ1) is 13.6. The number of thioether (sulfide) groups is 1. The maximum absolute atomic E-state index is 12.3. The third-order valence-corrected chi connectivity index (χ3v) is 5.48. The summed E-state index contributed by atoms with van der Waals surface area (Å²) in [6, 6.07) is 13.0. The van der Waals surface area contributed by atoms with Crippen LogP contribution in [-0.2, 0) is 17.6 Å². The fourth-order valence-electron chi connectivity index (χ4n) is 3.26. The molecule has 0 unspecified atom stereocenters. The van der Waals surface area contributed by atoms with Gasteiger partial charge in [0.25, 0.3) is 5.56 Å². The van der Waals surface area contributed by atoms with E-state index in [9.17, 15) is 9.59 Å². The van der Waals surface area contributed by atoms with Gasteiger partial charge in [0.05, 0.1) is 5.75 Å². The number of hydrogen-bond donors (Lipinski definition) is 3. The number of aryl methyl sites for hydroxylation is 2. The van der Waals surface area contributed by atoms with Gasteiger partial charge in [-0.15, -0.1) is 10.2 Å². The third kappa shape index (κ3) is 3.91. The number of fused-ring (bicyclic) bond motifs is 1. The van der Waals surface area contributed by atoms with Crippen LogP contribution >= 0.6 is 11.8 Å². The molecule has 0 saturated heterocycles. The Morgan fingerprint density at radius 1 is 1.14 bits per heavy atom. The SMILES string of the molecule is Nc1ccccc1-c1nnc(SCC(=O)Nc2ccc3c(c2)CCC3)[nH]c1=O. The summed E-state index contributed by atoms with van der Waals surface area (Å²) in [7, 11) is 0. The van der Waals surface area contributed by atoms with Gasteiger partial charge in [0, 0.05) is 16.9 Å². The number of hydrogen-bond acceptors (Lipinski definition) is 6. The first kappa shape index (κ1) is 18.2. The van der Waals surface area contributed by atoms with Gasteiger partial charge in [-0.25, -0.2) is 0 Å². The normalized spacial score (nSPS) is 12.6. The smallest absolute Gasteiger partial charge is 0.278 e. The van der Waals surface area contributed by atoms with E-state index in [1.54, 1.807) is 24.3 Å². The van der Waals surface area contributed by atoms with Gasteiger partial charge in [-0.2, -0.15) is 0 Å². The first-order valence-electron chi connectivity index (χ1n) is 8.96. The van der Waals surface area contributed by atoms with Crippen molar-refractivity contribution in [1.82, 2.24) is 15.2 Å². The number of aromatic amines is 1. The highest BCUT2D eigenvalue weighted by molar-refractivity contribution is 7.99. The van der Waals surface area contributed by atoms with Crippen molar-refractivity contribution in [2.75, 3.05) is 16.8 Å². The van der Waals surface area contributed by atoms with Crippen LogP contribution in [0.5, 0.6) is 0 Å². The molecule has 1 aliphatic rings. The van der Waals surface area contributed by atoms with Crippen LogP contribution in [0.3, 0.4) is 0 Å². The Labute approximate surface area is 165 Å². The van der Waals surface area contributed by atoms with Gasteiger partial charge in [0.2, 0.25) is 5.91 Å². The number of rotatable bonds is 5. The zero-order valence-electron chi connectivity index (χ0n) is 15.1. The van der Waals surface area contributed by atoms with Crippen molar-refractivity contribution in [2.45, 2.75) is 24.4 Å². The lowest BCUT2D eigenvalue weighted by Crippen LogP contribution is -2.17. The highest BCUT2D eigenvalue weighted by Gasteiger charge is 2.13. The summed E-state index contributed by atoms with van der Waals surface area (Å²) in [5.41, 5.74) is 10.1. The molecule has 1 aromatic heterocycles. The summed E-state index contributed by atoms with van der Waals surface area (Å²) < 4.78 is 0. The van der Waals surface area contributed by atoms with Crippen molar-refractivity contribution in [3.8, 4) is 11.3 Å². The van der Waals surface area contributed by atoms with Crippen molar-refractivity contribution >= 4 is 29.0 Å². The van der Waals surface area contributed by atoms with Gasteiger partial charge in [0.1, 0.15) is 0 Å². The van der Waals surface area contributed by atoms with Crippen molar-refractivity contribution in [2.24, 2.45) is 0 Å². The molecule has 2 aromatic carbocycles. The molecule has 1 heterocycles. The van der Waals surface area contributed by atoms with Crippen molar-refractivity contribution < 1.29 is 4.79 Å². The lowest BCUT2D eigenvalue weighted by atomic mass is 10.1. The molecule has 28 heavy (non-hydrogen) atoms. The van der Waals surface area contributed by atoms with Crippen molar-refractivity contribution in [3.05, 3.63) is 63.9 Å². The molecular formula is C20H19N5O2S. The van der Waals surface area contributed by atoms with Gasteiger partial charge in [-0.3, -0.25) is 14.6 Å². The second-order valence-corrected chi connectivity index (χ2v) is 7.53. The second kappa shape index (κ2) is 7.85. The fraction of sp³-hybridized carbons (Fsp3) is 0.200. The number of nitrogens with one attached hydrogen (secondary N) is 2. The number of nitrogen functional groups attached to an aromatic ring is 1. The van der Waals surface area contributed by atoms with Crippen molar-refractivity contribution in [3.63, 3.8) is 0 Å². The number of nitrogens with zero attached hydrogens (tertiary/aromatic N) is 2. The number of para-hydroxylation sites is 1. The molecular weight excluding hydrogens is 374 g/mol. The standard InChI is InChI=1S/C20H19N5O2S/c21-16-7-2-1-6-15(16)18-19(27)23-20(25-24-18)28-11-17(26)22-14-9-8-12-4-3-5-13(12)10-14/h1-2,6-10H,3-5,11,21H2,(H,22,26)(H,23,25,27). The number of H-pyrrole nitrogens is 1. The molecule has 1 aliphatic carbocycles. The average Bonchev–Trinajstić information content (AvgIpc) is 3.15. The zero-order valence-corrected chi connectivity index (χ0v) is 15.9. The monoisotopic (exact) mass is 393 g/mol. The minimum absolute atomic E-state index is 0.120. The van der Waals surface area contributed by atoms with Crippen LogP contribution in [0.25, 0.3) is 11.3 Å². The van der Waals surface area contributed by atoms with Crippen LogP contribution in [-0.4, -0.2) is 26.8 Å². The van der Waals surface area contributed by atoms with E-state index in [2.05, 4.69) is 26.6 Å². The molecule has 0 atom stereocenters. The van der Waals surface area contributed by atoms with E-state index in [1.165, 1.54) is 17.5 Å². The van der Waals surface area contributed by atoms with Crippen molar-refractivity contribution in [1.29, 1.82) is 0 Å². The summed E-state index contributed by atoms with van der Waals surface area (Å²) >= 11 is 1.12. The van der Waals surface area contributed by atoms with Gasteiger partial charge in [0.15, 0.2) is 10.9 Å². The molecule has 142 valence electrons. The largest absolute Gasteiger partial charge is 0.398 e. The number of nitrogens with two attached hydrogens (primary N) is 1. The number of benzene rings is 2. The molecule has 1 amide bonds. The molecule has 7 nitrogen and oxygen atoms in total. The van der Waals surface area contributed by atoms with Crippen LogP contribution in [0.1, 0.15) is 17.5 Å². The number of anilines is 2. The Morgan fingerprint density at radius 3 is 2.79 bits per heavy atom. The van der Waals surface area contributed by atoms with Crippen LogP contribution < -0.4 is 16.6 Å². The third-order valence-electron chi connectivity index (χ3n) is 4.61. The summed E-state index contributed by atoms with van der Waals surface area (Å²) in [6.45, 7) is 0. The second-order valence-electron chi connectivity index (χ2n) is 6.57. The topological polar surface area (TPSA) is 114 Å². The maximum Gasteiger partial charge on any atom is 0.278 e. The molecule has 0 aliphatic heterocycles. The Bertz CT molecular complexity index is 1100. The number of carbonyl (C=O) groups excluding carboxylic acids is 1. The van der Waals surface area contributed by atoms with E-state index in [4.69, 9.17) is 5.73 Å². The summed E-state index contributed by atoms with van der Waals surface area (Å²) in [5, 5.41) is 11.2. The molecule has 4 N–H and O–H groups in total. The Hall–Kier alpha value is -3.13. The number of aromatic nitrogens is 3. The summed E-state index contributed by atoms with van der Waals surface area (Å²) in [6.07, 6.45) is 3.33. The lowest BCUT2D eigenvalue weighted by molar-refractivity contribution is -0.113. The summed E-state index contributed by atoms with van der Waals surface area (Å²) in [4.78, 5) is 27.2. The first-order valence-corrected chi connectivity index (χ1v) is 9.95. The Kier molecular flexibility index (Phi) is 5.12. The quantitative estimate of drug-likeness (QED) is 0.454. The Balaban J connectivity index is 1.39. The van der Waals surface area contributed by atoms with E-state index >= 15 is 0 Å². The van der Waals surface area contributed by atoms with E-state index < -0.39 is 5.56 Å². The predicted octanol–water partition coefficient (Wildman–Crippen LogP) is 2.63. The summed E-state index contributed by atoms with van der Waals surface area (Å²) in [5.74, 6) is -0.0453. The fourth-order valence-corrected chi connectivity index (χ4v) is 3.86. The molecule has 3 aromatic rings. The molecule has 0 radical (unpaired) electrons. The molecule has 0 fully saturated rings. The van der Waals surface area contributed by atoms with Gasteiger partial charge in [-0.1, -0.05) is 36.0 Å². The molecule has 0 saturated carbocycles. The average molecular weight is 393 g/mol. The zero-order chi connectivity index (χ0) is 19.5. The van der Waals surface area contributed by atoms with Gasteiger partial charge >= 0.3 is 0 Å². The lowest BCUT2D eigenvalue weighted by Gasteiger charge is -2.07. The van der Waals surface area contributed by atoms with Crippen LogP contribution in [0.4, 0.5) is 11.4 Å². The van der Waals surface area contributed by atoms with Gasteiger partial charge < -0.3 is 11.1 Å².